The molecular formula is C21H19N5OS. The van der Waals surface area contributed by atoms with Crippen molar-refractivity contribution in [3.8, 4) is 11.3 Å². The van der Waals surface area contributed by atoms with Crippen LogP contribution >= 0.6 is 11.3 Å². The molecule has 2 heterocycles. The summed E-state index contributed by atoms with van der Waals surface area (Å²) in [6.07, 6.45) is 0. The molecule has 1 N–H and O–H groups in total. The van der Waals surface area contributed by atoms with Crippen LogP contribution in [0.2, 0.25) is 0 Å². The van der Waals surface area contributed by atoms with Gasteiger partial charge in [0.1, 0.15) is 5.01 Å². The van der Waals surface area contributed by atoms with Gasteiger partial charge >= 0.3 is 0 Å². The lowest BCUT2D eigenvalue weighted by Gasteiger charge is -2.09. The molecule has 0 atom stereocenters. The smallest absolute Gasteiger partial charge is 0.278 e. The summed E-state index contributed by atoms with van der Waals surface area (Å²) in [5, 5.41) is 12.8. The monoisotopic (exact) mass is 389 g/mol. The van der Waals surface area contributed by atoms with Crippen LogP contribution in [0, 0.1) is 6.92 Å². The molecule has 6 nitrogen and oxygen atoms in total. The molecule has 0 saturated carbocycles. The van der Waals surface area contributed by atoms with Crippen molar-refractivity contribution in [2.45, 2.75) is 20.4 Å². The lowest BCUT2D eigenvalue weighted by Crippen LogP contribution is -2.27. The van der Waals surface area contributed by atoms with Crippen LogP contribution in [0.3, 0.4) is 0 Å². The molecule has 7 heteroatoms. The number of aryl methyl sites for hydroxylation is 1. The minimum Gasteiger partial charge on any atom is -0.278 e. The number of amides is 1. The van der Waals surface area contributed by atoms with Crippen LogP contribution in [-0.2, 0) is 11.3 Å². The molecule has 0 spiro atoms. The maximum absolute atomic E-state index is 12.7. The van der Waals surface area contributed by atoms with Crippen LogP contribution in [0.1, 0.15) is 17.5 Å². The molecule has 140 valence electrons. The number of nitrogens with zero attached hydrogens (tertiary/aromatic N) is 4. The third kappa shape index (κ3) is 3.84. The highest BCUT2D eigenvalue weighted by Crippen LogP contribution is 2.23. The van der Waals surface area contributed by atoms with Gasteiger partial charge in [-0.25, -0.2) is 9.99 Å². The second-order valence-electron chi connectivity index (χ2n) is 6.48. The first-order valence-electron chi connectivity index (χ1n) is 8.88. The molecule has 0 radical (unpaired) electrons. The first-order chi connectivity index (χ1) is 13.6. The number of thiazole rings is 1. The van der Waals surface area contributed by atoms with Gasteiger partial charge in [0.15, 0.2) is 5.71 Å². The molecule has 1 aliphatic rings. The Morgan fingerprint density at radius 2 is 1.82 bits per heavy atom. The molecule has 0 saturated heterocycles. The Morgan fingerprint density at radius 3 is 2.57 bits per heavy atom. The lowest BCUT2D eigenvalue weighted by molar-refractivity contribution is -0.123. The lowest BCUT2D eigenvalue weighted by atomic mass is 10.2. The number of aromatic nitrogens is 1. The van der Waals surface area contributed by atoms with E-state index in [9.17, 15) is 4.79 Å². The molecule has 0 aliphatic carbocycles. The molecule has 1 aliphatic heterocycles. The van der Waals surface area contributed by atoms with Crippen molar-refractivity contribution >= 4 is 34.4 Å². The van der Waals surface area contributed by atoms with E-state index in [0.29, 0.717) is 18.0 Å². The minimum atomic E-state index is -0.228. The van der Waals surface area contributed by atoms with E-state index < -0.39 is 0 Å². The quantitative estimate of drug-likeness (QED) is 0.661. The van der Waals surface area contributed by atoms with Gasteiger partial charge < -0.3 is 0 Å². The largest absolute Gasteiger partial charge is 0.296 e. The number of rotatable bonds is 5. The first kappa shape index (κ1) is 18.1. The molecular weight excluding hydrogens is 370 g/mol. The number of carbonyl (C=O) groups is 1. The van der Waals surface area contributed by atoms with E-state index in [1.54, 1.807) is 6.92 Å². The highest BCUT2D eigenvalue weighted by Gasteiger charge is 2.30. The van der Waals surface area contributed by atoms with Crippen molar-refractivity contribution in [1.82, 2.24) is 9.99 Å². The van der Waals surface area contributed by atoms with E-state index in [-0.39, 0.29) is 5.91 Å². The van der Waals surface area contributed by atoms with Gasteiger partial charge in [0.25, 0.3) is 5.91 Å². The van der Waals surface area contributed by atoms with E-state index in [4.69, 9.17) is 0 Å². The normalized spacial score (nSPS) is 15.2. The van der Waals surface area contributed by atoms with E-state index in [2.05, 4.69) is 20.6 Å². The summed E-state index contributed by atoms with van der Waals surface area (Å²) in [4.78, 5) is 17.3. The van der Waals surface area contributed by atoms with E-state index >= 15 is 0 Å². The van der Waals surface area contributed by atoms with Crippen LogP contribution in [-0.4, -0.2) is 27.3 Å². The zero-order valence-corrected chi connectivity index (χ0v) is 16.4. The predicted octanol–water partition coefficient (Wildman–Crippen LogP) is 4.30. The fourth-order valence-electron chi connectivity index (χ4n) is 2.79. The highest BCUT2D eigenvalue weighted by molar-refractivity contribution is 7.10. The fraction of sp³-hybridized carbons (Fsp3) is 0.143. The molecule has 0 bridgehead atoms. The predicted molar refractivity (Wildman–Crippen MR) is 113 cm³/mol. The standard InChI is InChI=1S/C21H19N5OS/c1-14-8-10-17(11-9-14)23-24-20-15(2)25-26(21(20)27)12-19-22-18(13-28-19)16-6-4-3-5-7-16/h3-11,13,23H,12H2,1-2H3/b24-20+. The molecule has 28 heavy (non-hydrogen) atoms. The summed E-state index contributed by atoms with van der Waals surface area (Å²) in [6.45, 7) is 4.13. The zero-order chi connectivity index (χ0) is 19.5. The number of carbonyl (C=O) groups excluding carboxylic acids is 1. The summed E-state index contributed by atoms with van der Waals surface area (Å²) in [6, 6.07) is 17.8. The van der Waals surface area contributed by atoms with Crippen molar-refractivity contribution in [3.05, 3.63) is 70.5 Å². The van der Waals surface area contributed by atoms with E-state index in [1.165, 1.54) is 16.3 Å². The molecule has 4 rings (SSSR count). The minimum absolute atomic E-state index is 0.228. The van der Waals surface area contributed by atoms with Gasteiger partial charge in [0, 0.05) is 10.9 Å². The molecule has 1 aromatic heterocycles. The second-order valence-corrected chi connectivity index (χ2v) is 7.42. The van der Waals surface area contributed by atoms with Crippen molar-refractivity contribution in [1.29, 1.82) is 0 Å². The Kier molecular flexibility index (Phi) is 4.99. The average Bonchev–Trinajstić information content (AvgIpc) is 3.28. The Balaban J connectivity index is 1.45. The highest BCUT2D eigenvalue weighted by atomic mass is 32.1. The Bertz CT molecular complexity index is 1050. The maximum Gasteiger partial charge on any atom is 0.296 e. The first-order valence-corrected chi connectivity index (χ1v) is 9.76. The molecule has 3 aromatic rings. The number of hydrogen-bond acceptors (Lipinski definition) is 6. The van der Waals surface area contributed by atoms with Crippen LogP contribution in [0.4, 0.5) is 5.69 Å². The zero-order valence-electron chi connectivity index (χ0n) is 15.6. The molecule has 0 unspecified atom stereocenters. The van der Waals surface area contributed by atoms with Crippen LogP contribution in [0.25, 0.3) is 11.3 Å². The Labute approximate surface area is 167 Å². The molecule has 1 amide bonds. The van der Waals surface area contributed by atoms with Crippen LogP contribution < -0.4 is 5.43 Å². The Hall–Kier alpha value is -3.32. The third-order valence-electron chi connectivity index (χ3n) is 4.31. The van der Waals surface area contributed by atoms with Gasteiger partial charge in [0.05, 0.1) is 23.6 Å². The van der Waals surface area contributed by atoms with Gasteiger partial charge in [-0.3, -0.25) is 10.2 Å². The number of anilines is 1. The van der Waals surface area contributed by atoms with Crippen LogP contribution in [0.5, 0.6) is 0 Å². The van der Waals surface area contributed by atoms with Crippen molar-refractivity contribution in [2.24, 2.45) is 10.2 Å². The summed E-state index contributed by atoms with van der Waals surface area (Å²) in [5.41, 5.74) is 7.79. The van der Waals surface area contributed by atoms with Gasteiger partial charge in [-0.1, -0.05) is 48.0 Å². The maximum atomic E-state index is 12.7. The number of nitrogens with one attached hydrogen (secondary N) is 1. The summed E-state index contributed by atoms with van der Waals surface area (Å²) in [7, 11) is 0. The van der Waals surface area contributed by atoms with Crippen molar-refractivity contribution in [2.75, 3.05) is 5.43 Å². The second kappa shape index (κ2) is 7.74. The third-order valence-corrected chi connectivity index (χ3v) is 5.14. The van der Waals surface area contributed by atoms with Gasteiger partial charge in [0.2, 0.25) is 0 Å². The van der Waals surface area contributed by atoms with Crippen LogP contribution in [0.15, 0.2) is 70.2 Å². The summed E-state index contributed by atoms with van der Waals surface area (Å²) >= 11 is 1.52. The van der Waals surface area contributed by atoms with Gasteiger partial charge in [-0.05, 0) is 26.0 Å². The topological polar surface area (TPSA) is 70.0 Å². The Morgan fingerprint density at radius 1 is 1.07 bits per heavy atom. The van der Waals surface area contributed by atoms with Crippen molar-refractivity contribution < 1.29 is 4.79 Å². The van der Waals surface area contributed by atoms with Gasteiger partial charge in [-0.2, -0.15) is 10.2 Å². The molecule has 2 aromatic carbocycles. The molecule has 0 fully saturated rings. The summed E-state index contributed by atoms with van der Waals surface area (Å²) < 4.78 is 0. The van der Waals surface area contributed by atoms with E-state index in [1.807, 2.05) is 66.9 Å². The SMILES string of the molecule is CC1=NN(Cc2nc(-c3ccccc3)cs2)C(=O)/C1=N/Nc1ccc(C)cc1. The average molecular weight is 389 g/mol. The number of benzene rings is 2. The number of hydrazone groups is 2. The van der Waals surface area contributed by atoms with Gasteiger partial charge in [-0.15, -0.1) is 11.3 Å². The van der Waals surface area contributed by atoms with Crippen molar-refractivity contribution in [3.63, 3.8) is 0 Å². The summed E-state index contributed by atoms with van der Waals surface area (Å²) in [5.74, 6) is -0.228. The van der Waals surface area contributed by atoms with E-state index in [0.717, 1.165) is 27.5 Å². The fourth-order valence-corrected chi connectivity index (χ4v) is 3.57. The number of hydrogen-bond donors (Lipinski definition) is 1.